The molecule has 1 aromatic rings. The second-order valence-corrected chi connectivity index (χ2v) is 5.65. The van der Waals surface area contributed by atoms with Gasteiger partial charge in [0.2, 0.25) is 0 Å². The van der Waals surface area contributed by atoms with Crippen LogP contribution in [0, 0.1) is 22.2 Å². The minimum absolute atomic E-state index is 0.195. The van der Waals surface area contributed by atoms with Crippen LogP contribution < -0.4 is 0 Å². The molecule has 2 rings (SSSR count). The number of esters is 1. The van der Waals surface area contributed by atoms with Crippen molar-refractivity contribution in [2.45, 2.75) is 33.3 Å². The zero-order valence-electron chi connectivity index (χ0n) is 10.8. The summed E-state index contributed by atoms with van der Waals surface area (Å²) in [7, 11) is 0. The van der Waals surface area contributed by atoms with Crippen molar-refractivity contribution in [3.05, 3.63) is 35.9 Å². The third kappa shape index (κ3) is 2.38. The van der Waals surface area contributed by atoms with Crippen molar-refractivity contribution in [1.29, 1.82) is 5.26 Å². The highest BCUT2D eigenvalue weighted by molar-refractivity contribution is 5.78. The van der Waals surface area contributed by atoms with Gasteiger partial charge in [0.15, 0.2) is 0 Å². The predicted molar refractivity (Wildman–Crippen MR) is 67.3 cm³/mol. The first kappa shape index (κ1) is 12.6. The van der Waals surface area contributed by atoms with E-state index in [1.54, 1.807) is 0 Å². The SMILES string of the molecule is CC1(C#N)CC(C)(C(=O)OCc2ccccc2)C1. The molecule has 94 valence electrons. The van der Waals surface area contributed by atoms with Gasteiger partial charge in [-0.15, -0.1) is 0 Å². The highest BCUT2D eigenvalue weighted by Crippen LogP contribution is 2.54. The lowest BCUT2D eigenvalue weighted by molar-refractivity contribution is -0.167. The van der Waals surface area contributed by atoms with E-state index in [1.807, 2.05) is 44.2 Å². The first-order chi connectivity index (χ1) is 8.47. The van der Waals surface area contributed by atoms with Gasteiger partial charge in [0.1, 0.15) is 6.61 Å². The van der Waals surface area contributed by atoms with Crippen molar-refractivity contribution in [2.24, 2.45) is 10.8 Å². The number of carbonyl (C=O) groups excluding carboxylic acids is 1. The lowest BCUT2D eigenvalue weighted by Gasteiger charge is -2.46. The first-order valence-corrected chi connectivity index (χ1v) is 6.10. The molecule has 3 heteroatoms. The van der Waals surface area contributed by atoms with Crippen molar-refractivity contribution in [3.63, 3.8) is 0 Å². The molecule has 0 heterocycles. The van der Waals surface area contributed by atoms with Crippen LogP contribution in [0.1, 0.15) is 32.3 Å². The average molecular weight is 243 g/mol. The van der Waals surface area contributed by atoms with E-state index in [9.17, 15) is 4.79 Å². The number of nitriles is 1. The van der Waals surface area contributed by atoms with E-state index >= 15 is 0 Å². The third-order valence-corrected chi connectivity index (χ3v) is 3.54. The molecule has 0 aromatic heterocycles. The van der Waals surface area contributed by atoms with Crippen LogP contribution in [0.2, 0.25) is 0 Å². The number of carbonyl (C=O) groups is 1. The lowest BCUT2D eigenvalue weighted by Crippen LogP contribution is -2.47. The van der Waals surface area contributed by atoms with E-state index in [2.05, 4.69) is 6.07 Å². The molecule has 0 saturated heterocycles. The van der Waals surface area contributed by atoms with Crippen LogP contribution in [0.15, 0.2) is 30.3 Å². The fraction of sp³-hybridized carbons (Fsp3) is 0.467. The van der Waals surface area contributed by atoms with E-state index < -0.39 is 5.41 Å². The van der Waals surface area contributed by atoms with Crippen LogP contribution in [-0.4, -0.2) is 5.97 Å². The minimum atomic E-state index is -0.487. The Hall–Kier alpha value is -1.82. The van der Waals surface area contributed by atoms with Crippen molar-refractivity contribution >= 4 is 5.97 Å². The Morgan fingerprint density at radius 2 is 1.94 bits per heavy atom. The normalized spacial score (nSPS) is 30.1. The monoisotopic (exact) mass is 243 g/mol. The van der Waals surface area contributed by atoms with Gasteiger partial charge < -0.3 is 4.74 Å². The molecule has 0 bridgehead atoms. The Morgan fingerprint density at radius 3 is 2.50 bits per heavy atom. The molecule has 1 aliphatic rings. The lowest BCUT2D eigenvalue weighted by atomic mass is 9.55. The van der Waals surface area contributed by atoms with Gasteiger partial charge in [0, 0.05) is 0 Å². The maximum atomic E-state index is 12.0. The number of hydrogen-bond acceptors (Lipinski definition) is 3. The maximum Gasteiger partial charge on any atom is 0.312 e. The molecule has 0 radical (unpaired) electrons. The average Bonchev–Trinajstić information content (AvgIpc) is 2.35. The van der Waals surface area contributed by atoms with Crippen LogP contribution in [0.4, 0.5) is 0 Å². The number of rotatable bonds is 3. The summed E-state index contributed by atoms with van der Waals surface area (Å²) in [6, 6.07) is 11.9. The van der Waals surface area contributed by atoms with Gasteiger partial charge in [-0.25, -0.2) is 0 Å². The standard InChI is InChI=1S/C15H17NO2/c1-14(11-16)9-15(2,10-14)13(17)18-8-12-6-4-3-5-7-12/h3-7H,8-10H2,1-2H3. The fourth-order valence-electron chi connectivity index (χ4n) is 2.79. The van der Waals surface area contributed by atoms with E-state index in [-0.39, 0.29) is 11.4 Å². The Kier molecular flexibility index (Phi) is 3.13. The topological polar surface area (TPSA) is 50.1 Å². The van der Waals surface area contributed by atoms with E-state index in [4.69, 9.17) is 10.00 Å². The Morgan fingerprint density at radius 1 is 1.33 bits per heavy atom. The zero-order valence-corrected chi connectivity index (χ0v) is 10.8. The molecular weight excluding hydrogens is 226 g/mol. The molecule has 0 unspecified atom stereocenters. The summed E-state index contributed by atoms with van der Waals surface area (Å²) in [5.74, 6) is -0.195. The van der Waals surface area contributed by atoms with E-state index in [0.29, 0.717) is 19.4 Å². The summed E-state index contributed by atoms with van der Waals surface area (Å²) in [6.45, 7) is 4.07. The Labute approximate surface area is 107 Å². The number of ether oxygens (including phenoxy) is 1. The largest absolute Gasteiger partial charge is 0.460 e. The summed E-state index contributed by atoms with van der Waals surface area (Å²) in [5, 5.41) is 8.97. The highest BCUT2D eigenvalue weighted by atomic mass is 16.5. The first-order valence-electron chi connectivity index (χ1n) is 6.10. The molecular formula is C15H17NO2. The van der Waals surface area contributed by atoms with Gasteiger partial charge in [-0.2, -0.15) is 5.26 Å². The van der Waals surface area contributed by atoms with E-state index in [0.717, 1.165) is 5.56 Å². The van der Waals surface area contributed by atoms with Crippen molar-refractivity contribution in [3.8, 4) is 6.07 Å². The van der Waals surface area contributed by atoms with Crippen LogP contribution >= 0.6 is 0 Å². The highest BCUT2D eigenvalue weighted by Gasteiger charge is 2.54. The molecule has 0 aliphatic heterocycles. The van der Waals surface area contributed by atoms with Gasteiger partial charge in [0.25, 0.3) is 0 Å². The zero-order chi connectivity index (χ0) is 13.2. The van der Waals surface area contributed by atoms with Crippen LogP contribution in [0.3, 0.4) is 0 Å². The second-order valence-electron chi connectivity index (χ2n) is 5.65. The number of hydrogen-bond donors (Lipinski definition) is 0. The van der Waals surface area contributed by atoms with Crippen molar-refractivity contribution in [1.82, 2.24) is 0 Å². The molecule has 0 atom stereocenters. The minimum Gasteiger partial charge on any atom is -0.460 e. The Balaban J connectivity index is 1.89. The molecule has 1 aromatic carbocycles. The van der Waals surface area contributed by atoms with Gasteiger partial charge in [-0.05, 0) is 32.3 Å². The third-order valence-electron chi connectivity index (χ3n) is 3.54. The number of benzene rings is 1. The summed E-state index contributed by atoms with van der Waals surface area (Å²) < 4.78 is 5.32. The van der Waals surface area contributed by atoms with Gasteiger partial charge >= 0.3 is 5.97 Å². The molecule has 3 nitrogen and oxygen atoms in total. The van der Waals surface area contributed by atoms with Crippen molar-refractivity contribution < 1.29 is 9.53 Å². The maximum absolute atomic E-state index is 12.0. The summed E-state index contributed by atoms with van der Waals surface area (Å²) >= 11 is 0. The van der Waals surface area contributed by atoms with Crippen molar-refractivity contribution in [2.75, 3.05) is 0 Å². The number of nitrogens with zero attached hydrogens (tertiary/aromatic N) is 1. The molecule has 0 amide bonds. The van der Waals surface area contributed by atoms with E-state index in [1.165, 1.54) is 0 Å². The van der Waals surface area contributed by atoms with Crippen LogP contribution in [0.25, 0.3) is 0 Å². The van der Waals surface area contributed by atoms with Gasteiger partial charge in [0.05, 0.1) is 16.9 Å². The molecule has 1 aliphatic carbocycles. The Bertz CT molecular complexity index is 481. The smallest absolute Gasteiger partial charge is 0.312 e. The molecule has 18 heavy (non-hydrogen) atoms. The van der Waals surface area contributed by atoms with Crippen LogP contribution in [0.5, 0.6) is 0 Å². The predicted octanol–water partition coefficient (Wildman–Crippen LogP) is 3.06. The second kappa shape index (κ2) is 4.45. The quantitative estimate of drug-likeness (QED) is 0.766. The molecule has 0 N–H and O–H groups in total. The summed E-state index contributed by atoms with van der Waals surface area (Å²) in [5.41, 5.74) is 0.136. The van der Waals surface area contributed by atoms with Gasteiger partial charge in [-0.1, -0.05) is 30.3 Å². The molecule has 1 fully saturated rings. The molecule has 0 spiro atoms. The van der Waals surface area contributed by atoms with Gasteiger partial charge in [-0.3, -0.25) is 4.79 Å². The fourth-order valence-corrected chi connectivity index (χ4v) is 2.79. The van der Waals surface area contributed by atoms with Crippen LogP contribution in [-0.2, 0) is 16.1 Å². The summed E-state index contributed by atoms with van der Waals surface area (Å²) in [4.78, 5) is 12.0. The molecule has 1 saturated carbocycles. The summed E-state index contributed by atoms with van der Waals surface area (Å²) in [6.07, 6.45) is 1.17.